The number of carbonyl (C=O) groups excluding carboxylic acids is 1. The molecule has 1 atom stereocenters. The molecule has 1 heterocycles. The largest absolute Gasteiger partial charge is 0.340 e. The van der Waals surface area contributed by atoms with Crippen molar-refractivity contribution in [3.63, 3.8) is 0 Å². The summed E-state index contributed by atoms with van der Waals surface area (Å²) in [5, 5.41) is 0. The van der Waals surface area contributed by atoms with Crippen LogP contribution >= 0.6 is 0 Å². The van der Waals surface area contributed by atoms with E-state index in [1.807, 2.05) is 26.0 Å². The second-order valence-corrected chi connectivity index (χ2v) is 4.16. The Hall–Kier alpha value is -1.42. The van der Waals surface area contributed by atoms with Crippen LogP contribution in [0.2, 0.25) is 0 Å². The monoisotopic (exact) mass is 221 g/mol. The number of aryl methyl sites for hydroxylation is 1. The van der Waals surface area contributed by atoms with E-state index in [1.165, 1.54) is 0 Å². The minimum Gasteiger partial charge on any atom is -0.340 e. The molecule has 0 fully saturated rings. The van der Waals surface area contributed by atoms with E-state index in [4.69, 9.17) is 5.73 Å². The van der Waals surface area contributed by atoms with E-state index in [0.717, 1.165) is 12.0 Å². The van der Waals surface area contributed by atoms with Gasteiger partial charge >= 0.3 is 0 Å². The highest BCUT2D eigenvalue weighted by atomic mass is 16.2. The number of pyridine rings is 1. The SMILES string of the molecule is Cc1cccnc1C(=O)N(C)CCC(C)N. The molecular formula is C12H19N3O. The number of carbonyl (C=O) groups is 1. The Morgan fingerprint density at radius 1 is 1.62 bits per heavy atom. The highest BCUT2D eigenvalue weighted by molar-refractivity contribution is 5.93. The minimum atomic E-state index is -0.0428. The van der Waals surface area contributed by atoms with Crippen LogP contribution in [0.5, 0.6) is 0 Å². The van der Waals surface area contributed by atoms with Gasteiger partial charge in [-0.2, -0.15) is 0 Å². The van der Waals surface area contributed by atoms with Crippen LogP contribution in [0, 0.1) is 6.92 Å². The zero-order valence-corrected chi connectivity index (χ0v) is 10.1. The Morgan fingerprint density at radius 3 is 2.88 bits per heavy atom. The smallest absolute Gasteiger partial charge is 0.272 e. The van der Waals surface area contributed by atoms with Gasteiger partial charge in [-0.15, -0.1) is 0 Å². The lowest BCUT2D eigenvalue weighted by Gasteiger charge is -2.18. The first-order chi connectivity index (χ1) is 7.52. The van der Waals surface area contributed by atoms with Gasteiger partial charge in [-0.05, 0) is 31.9 Å². The van der Waals surface area contributed by atoms with Crippen LogP contribution < -0.4 is 5.73 Å². The first-order valence-corrected chi connectivity index (χ1v) is 5.45. The molecule has 0 aliphatic rings. The maximum atomic E-state index is 12.0. The van der Waals surface area contributed by atoms with E-state index >= 15 is 0 Å². The van der Waals surface area contributed by atoms with Gasteiger partial charge in [0.15, 0.2) is 0 Å². The summed E-state index contributed by atoms with van der Waals surface area (Å²) in [7, 11) is 1.78. The topological polar surface area (TPSA) is 59.2 Å². The lowest BCUT2D eigenvalue weighted by atomic mass is 10.2. The molecule has 0 bridgehead atoms. The second kappa shape index (κ2) is 5.61. The van der Waals surface area contributed by atoms with E-state index in [2.05, 4.69) is 4.98 Å². The molecule has 1 rings (SSSR count). The summed E-state index contributed by atoms with van der Waals surface area (Å²) in [6, 6.07) is 3.83. The molecule has 0 radical (unpaired) electrons. The standard InChI is InChI=1S/C12H19N3O/c1-9-5-4-7-14-11(9)12(16)15(3)8-6-10(2)13/h4-5,7,10H,6,8,13H2,1-3H3. The lowest BCUT2D eigenvalue weighted by molar-refractivity contribution is 0.0785. The van der Waals surface area contributed by atoms with Crippen molar-refractivity contribution in [3.05, 3.63) is 29.6 Å². The van der Waals surface area contributed by atoms with Crippen LogP contribution in [0.1, 0.15) is 29.4 Å². The number of nitrogens with zero attached hydrogens (tertiary/aromatic N) is 2. The molecule has 88 valence electrons. The lowest BCUT2D eigenvalue weighted by Crippen LogP contribution is -2.32. The van der Waals surface area contributed by atoms with E-state index < -0.39 is 0 Å². The van der Waals surface area contributed by atoms with Crippen LogP contribution in [0.3, 0.4) is 0 Å². The fourth-order valence-electron chi connectivity index (χ4n) is 1.39. The van der Waals surface area contributed by atoms with E-state index in [9.17, 15) is 4.79 Å². The maximum Gasteiger partial charge on any atom is 0.272 e. The van der Waals surface area contributed by atoms with E-state index in [1.54, 1.807) is 18.1 Å². The molecule has 1 unspecified atom stereocenters. The molecule has 1 amide bonds. The number of rotatable bonds is 4. The Morgan fingerprint density at radius 2 is 2.31 bits per heavy atom. The normalized spacial score (nSPS) is 12.2. The molecule has 0 saturated heterocycles. The molecular weight excluding hydrogens is 202 g/mol. The van der Waals surface area contributed by atoms with Crippen LogP contribution in [-0.2, 0) is 0 Å². The summed E-state index contributed by atoms with van der Waals surface area (Å²) in [5.74, 6) is -0.0428. The van der Waals surface area contributed by atoms with Gasteiger partial charge in [0.2, 0.25) is 0 Å². The fraction of sp³-hybridized carbons (Fsp3) is 0.500. The van der Waals surface area contributed by atoms with Crippen molar-refractivity contribution in [2.24, 2.45) is 5.73 Å². The molecule has 16 heavy (non-hydrogen) atoms. The van der Waals surface area contributed by atoms with Crippen molar-refractivity contribution in [1.82, 2.24) is 9.88 Å². The Balaban J connectivity index is 2.67. The third kappa shape index (κ3) is 3.31. The van der Waals surface area contributed by atoms with Gasteiger partial charge in [0.25, 0.3) is 5.91 Å². The average Bonchev–Trinajstić information content (AvgIpc) is 2.25. The molecule has 0 aliphatic carbocycles. The highest BCUT2D eigenvalue weighted by Crippen LogP contribution is 2.06. The molecule has 0 spiro atoms. The molecule has 1 aromatic rings. The van der Waals surface area contributed by atoms with Crippen molar-refractivity contribution >= 4 is 5.91 Å². The number of nitrogens with two attached hydrogens (primary N) is 1. The Kier molecular flexibility index (Phi) is 4.43. The predicted octanol–water partition coefficient (Wildman–Crippen LogP) is 1.20. The zero-order valence-electron chi connectivity index (χ0n) is 10.1. The van der Waals surface area contributed by atoms with E-state index in [-0.39, 0.29) is 11.9 Å². The number of aromatic nitrogens is 1. The third-order valence-corrected chi connectivity index (χ3v) is 2.48. The average molecular weight is 221 g/mol. The van der Waals surface area contributed by atoms with Gasteiger partial charge in [-0.3, -0.25) is 9.78 Å². The fourth-order valence-corrected chi connectivity index (χ4v) is 1.39. The van der Waals surface area contributed by atoms with Crippen LogP contribution in [0.15, 0.2) is 18.3 Å². The summed E-state index contributed by atoms with van der Waals surface area (Å²) in [5.41, 5.74) is 7.08. The predicted molar refractivity (Wildman–Crippen MR) is 64.2 cm³/mol. The first-order valence-electron chi connectivity index (χ1n) is 5.45. The summed E-state index contributed by atoms with van der Waals surface area (Å²) in [4.78, 5) is 17.8. The summed E-state index contributed by atoms with van der Waals surface area (Å²) in [6.07, 6.45) is 2.44. The Labute approximate surface area is 96.5 Å². The van der Waals surface area contributed by atoms with Crippen molar-refractivity contribution in [3.8, 4) is 0 Å². The van der Waals surface area contributed by atoms with Gasteiger partial charge in [-0.25, -0.2) is 0 Å². The van der Waals surface area contributed by atoms with Crippen LogP contribution in [0.25, 0.3) is 0 Å². The molecule has 1 aromatic heterocycles. The zero-order chi connectivity index (χ0) is 12.1. The van der Waals surface area contributed by atoms with Gasteiger partial charge in [-0.1, -0.05) is 6.07 Å². The van der Waals surface area contributed by atoms with Gasteiger partial charge in [0, 0.05) is 25.8 Å². The Bertz CT molecular complexity index is 363. The quantitative estimate of drug-likeness (QED) is 0.831. The van der Waals surface area contributed by atoms with Gasteiger partial charge in [0.05, 0.1) is 0 Å². The van der Waals surface area contributed by atoms with Gasteiger partial charge in [0.1, 0.15) is 5.69 Å². The molecule has 4 heteroatoms. The van der Waals surface area contributed by atoms with Crippen molar-refractivity contribution in [2.75, 3.05) is 13.6 Å². The summed E-state index contributed by atoms with van der Waals surface area (Å²) in [6.45, 7) is 4.48. The minimum absolute atomic E-state index is 0.0428. The second-order valence-electron chi connectivity index (χ2n) is 4.16. The first kappa shape index (κ1) is 12.6. The molecule has 0 aliphatic heterocycles. The number of hydrogen-bond donors (Lipinski definition) is 1. The third-order valence-electron chi connectivity index (χ3n) is 2.48. The van der Waals surface area contributed by atoms with Crippen molar-refractivity contribution in [2.45, 2.75) is 26.3 Å². The summed E-state index contributed by atoms with van der Waals surface area (Å²) >= 11 is 0. The van der Waals surface area contributed by atoms with Crippen molar-refractivity contribution < 1.29 is 4.79 Å². The number of amides is 1. The molecule has 0 saturated carbocycles. The molecule has 0 aromatic carbocycles. The molecule has 4 nitrogen and oxygen atoms in total. The highest BCUT2D eigenvalue weighted by Gasteiger charge is 2.14. The molecule has 2 N–H and O–H groups in total. The maximum absolute atomic E-state index is 12.0. The van der Waals surface area contributed by atoms with Crippen LogP contribution in [-0.4, -0.2) is 35.4 Å². The summed E-state index contributed by atoms with van der Waals surface area (Å²) < 4.78 is 0. The van der Waals surface area contributed by atoms with Crippen LogP contribution in [0.4, 0.5) is 0 Å². The van der Waals surface area contributed by atoms with Gasteiger partial charge < -0.3 is 10.6 Å². The van der Waals surface area contributed by atoms with Crippen molar-refractivity contribution in [1.29, 1.82) is 0 Å². The number of hydrogen-bond acceptors (Lipinski definition) is 3. The van der Waals surface area contributed by atoms with E-state index in [0.29, 0.717) is 12.2 Å².